The van der Waals surface area contributed by atoms with Gasteiger partial charge in [0, 0.05) is 12.5 Å². The van der Waals surface area contributed by atoms with Gasteiger partial charge in [-0.3, -0.25) is 4.79 Å². The molecule has 1 N–H and O–H groups in total. The van der Waals surface area contributed by atoms with E-state index in [0.29, 0.717) is 12.3 Å². The summed E-state index contributed by atoms with van der Waals surface area (Å²) in [5.74, 6) is 0.621. The molecular weight excluding hydrogens is 354 g/mol. The minimum absolute atomic E-state index is 0.144. The zero-order chi connectivity index (χ0) is 21.6. The standard InChI is InChI=1S/C27H43NO/c1-5-6-7-8-9-10-11-12-13-14-15-16-17-18-19-20-21-22-23-24-27(29)28-26(4)25(2)3/h6-7,9-10,12-13,15-16,18-19,21-22,25-26H,5,8,11,14,17,20,23-24H2,1-4H3,(H,28,29)/b7-6-,10-9-,13-12-,16-15-,19-18-,22-21-. The van der Waals surface area contributed by atoms with E-state index in [4.69, 9.17) is 0 Å². The van der Waals surface area contributed by atoms with Gasteiger partial charge in [0.1, 0.15) is 0 Å². The van der Waals surface area contributed by atoms with E-state index in [-0.39, 0.29) is 11.9 Å². The first-order valence-electron chi connectivity index (χ1n) is 11.3. The molecule has 0 aliphatic heterocycles. The second-order valence-corrected chi connectivity index (χ2v) is 7.55. The lowest BCUT2D eigenvalue weighted by Gasteiger charge is -2.16. The van der Waals surface area contributed by atoms with E-state index in [1.807, 2.05) is 0 Å². The lowest BCUT2D eigenvalue weighted by atomic mass is 10.1. The van der Waals surface area contributed by atoms with Crippen molar-refractivity contribution in [2.45, 2.75) is 85.1 Å². The maximum atomic E-state index is 11.8. The van der Waals surface area contributed by atoms with Crippen LogP contribution in [0, 0.1) is 5.92 Å². The number of amides is 1. The summed E-state index contributed by atoms with van der Waals surface area (Å²) in [5, 5.41) is 3.03. The first-order chi connectivity index (χ1) is 14.1. The van der Waals surface area contributed by atoms with E-state index >= 15 is 0 Å². The number of hydrogen-bond acceptors (Lipinski definition) is 1. The second-order valence-electron chi connectivity index (χ2n) is 7.55. The van der Waals surface area contributed by atoms with Gasteiger partial charge in [-0.1, -0.05) is 93.7 Å². The Morgan fingerprint density at radius 3 is 1.41 bits per heavy atom. The van der Waals surface area contributed by atoms with Gasteiger partial charge in [0.2, 0.25) is 5.91 Å². The highest BCUT2D eigenvalue weighted by Gasteiger charge is 2.09. The fourth-order valence-electron chi connectivity index (χ4n) is 2.35. The van der Waals surface area contributed by atoms with Crippen molar-refractivity contribution in [3.63, 3.8) is 0 Å². The summed E-state index contributed by atoms with van der Waals surface area (Å²) >= 11 is 0. The Labute approximate surface area is 180 Å². The molecule has 2 heteroatoms. The van der Waals surface area contributed by atoms with E-state index < -0.39 is 0 Å². The average molecular weight is 398 g/mol. The van der Waals surface area contributed by atoms with Crippen molar-refractivity contribution in [2.24, 2.45) is 5.92 Å². The highest BCUT2D eigenvalue weighted by molar-refractivity contribution is 5.76. The Bertz CT molecular complexity index is 561. The zero-order valence-corrected chi connectivity index (χ0v) is 19.1. The van der Waals surface area contributed by atoms with E-state index in [1.165, 1.54) is 0 Å². The van der Waals surface area contributed by atoms with Crippen LogP contribution in [0.1, 0.15) is 79.1 Å². The molecule has 0 aromatic heterocycles. The quantitative estimate of drug-likeness (QED) is 0.267. The lowest BCUT2D eigenvalue weighted by Crippen LogP contribution is -2.35. The predicted octanol–water partition coefficient (Wildman–Crippen LogP) is 7.63. The molecule has 0 radical (unpaired) electrons. The summed E-state index contributed by atoms with van der Waals surface area (Å²) in [6.45, 7) is 8.45. The van der Waals surface area contributed by atoms with Crippen LogP contribution in [0.25, 0.3) is 0 Å². The summed E-state index contributed by atoms with van der Waals surface area (Å²) < 4.78 is 0. The van der Waals surface area contributed by atoms with E-state index in [2.05, 4.69) is 106 Å². The minimum atomic E-state index is 0.144. The molecular formula is C27H43NO. The summed E-state index contributed by atoms with van der Waals surface area (Å²) in [4.78, 5) is 11.8. The van der Waals surface area contributed by atoms with Crippen LogP contribution in [-0.2, 0) is 4.79 Å². The molecule has 0 bridgehead atoms. The summed E-state index contributed by atoms with van der Waals surface area (Å²) in [5.41, 5.74) is 0. The van der Waals surface area contributed by atoms with Crippen LogP contribution >= 0.6 is 0 Å². The van der Waals surface area contributed by atoms with Gasteiger partial charge in [-0.15, -0.1) is 0 Å². The third kappa shape index (κ3) is 20.5. The van der Waals surface area contributed by atoms with Gasteiger partial charge < -0.3 is 5.32 Å². The fraction of sp³-hybridized carbons (Fsp3) is 0.519. The predicted molar refractivity (Wildman–Crippen MR) is 130 cm³/mol. The number of carbonyl (C=O) groups excluding carboxylic acids is 1. The molecule has 1 unspecified atom stereocenters. The Morgan fingerprint density at radius 2 is 1.03 bits per heavy atom. The van der Waals surface area contributed by atoms with Gasteiger partial charge in [0.15, 0.2) is 0 Å². The van der Waals surface area contributed by atoms with Gasteiger partial charge in [-0.25, -0.2) is 0 Å². The van der Waals surface area contributed by atoms with E-state index in [1.54, 1.807) is 0 Å². The highest BCUT2D eigenvalue weighted by atomic mass is 16.1. The van der Waals surface area contributed by atoms with Crippen molar-refractivity contribution in [1.29, 1.82) is 0 Å². The normalized spacial score (nSPS) is 14.1. The van der Waals surface area contributed by atoms with Crippen LogP contribution in [0.3, 0.4) is 0 Å². The number of allylic oxidation sites excluding steroid dienone is 12. The molecule has 0 spiro atoms. The van der Waals surface area contributed by atoms with Crippen LogP contribution in [0.15, 0.2) is 72.9 Å². The van der Waals surface area contributed by atoms with Crippen LogP contribution in [-0.4, -0.2) is 11.9 Å². The summed E-state index contributed by atoms with van der Waals surface area (Å²) in [7, 11) is 0. The molecule has 0 heterocycles. The van der Waals surface area contributed by atoms with Gasteiger partial charge in [0.25, 0.3) is 0 Å². The molecule has 0 saturated carbocycles. The molecule has 0 saturated heterocycles. The smallest absolute Gasteiger partial charge is 0.220 e. The molecule has 1 atom stereocenters. The zero-order valence-electron chi connectivity index (χ0n) is 19.1. The van der Waals surface area contributed by atoms with Crippen LogP contribution < -0.4 is 5.32 Å². The third-order valence-corrected chi connectivity index (χ3v) is 4.52. The molecule has 0 aromatic rings. The molecule has 162 valence electrons. The monoisotopic (exact) mass is 397 g/mol. The first-order valence-corrected chi connectivity index (χ1v) is 11.3. The number of nitrogens with one attached hydrogen (secondary N) is 1. The number of carbonyl (C=O) groups is 1. The van der Waals surface area contributed by atoms with Crippen molar-refractivity contribution in [2.75, 3.05) is 0 Å². The lowest BCUT2D eigenvalue weighted by molar-refractivity contribution is -0.121. The maximum absolute atomic E-state index is 11.8. The molecule has 0 aliphatic carbocycles. The number of rotatable bonds is 16. The second kappa shape index (κ2) is 20.6. The Kier molecular flexibility index (Phi) is 19.2. The summed E-state index contributed by atoms with van der Waals surface area (Å²) in [6, 6.07) is 0.243. The van der Waals surface area contributed by atoms with Crippen molar-refractivity contribution in [1.82, 2.24) is 5.32 Å². The molecule has 2 nitrogen and oxygen atoms in total. The van der Waals surface area contributed by atoms with Crippen molar-refractivity contribution in [3.05, 3.63) is 72.9 Å². The molecule has 0 aliphatic rings. The third-order valence-electron chi connectivity index (χ3n) is 4.52. The molecule has 29 heavy (non-hydrogen) atoms. The van der Waals surface area contributed by atoms with Crippen molar-refractivity contribution in [3.8, 4) is 0 Å². The van der Waals surface area contributed by atoms with Crippen molar-refractivity contribution >= 4 is 5.91 Å². The van der Waals surface area contributed by atoms with Gasteiger partial charge in [-0.2, -0.15) is 0 Å². The van der Waals surface area contributed by atoms with Crippen molar-refractivity contribution < 1.29 is 4.79 Å². The van der Waals surface area contributed by atoms with Gasteiger partial charge in [-0.05, 0) is 57.8 Å². The Balaban J connectivity index is 3.63. The fourth-order valence-corrected chi connectivity index (χ4v) is 2.35. The van der Waals surface area contributed by atoms with Crippen LogP contribution in [0.4, 0.5) is 0 Å². The molecule has 0 aromatic carbocycles. The molecule has 1 amide bonds. The SMILES string of the molecule is CC/C=C\C/C=C\C/C=C\C/C=C\C/C=C\C/C=C\CCC(=O)NC(C)C(C)C. The minimum Gasteiger partial charge on any atom is -0.353 e. The molecule has 0 rings (SSSR count). The first kappa shape index (κ1) is 26.9. The Morgan fingerprint density at radius 1 is 0.655 bits per heavy atom. The Hall–Kier alpha value is -2.09. The highest BCUT2D eigenvalue weighted by Crippen LogP contribution is 2.02. The largest absolute Gasteiger partial charge is 0.353 e. The van der Waals surface area contributed by atoms with Gasteiger partial charge >= 0.3 is 0 Å². The summed E-state index contributed by atoms with van der Waals surface area (Å²) in [6.07, 6.45) is 33.7. The van der Waals surface area contributed by atoms with E-state index in [9.17, 15) is 4.79 Å². The van der Waals surface area contributed by atoms with Crippen LogP contribution in [0.2, 0.25) is 0 Å². The van der Waals surface area contributed by atoms with Crippen LogP contribution in [0.5, 0.6) is 0 Å². The average Bonchev–Trinajstić information content (AvgIpc) is 2.69. The topological polar surface area (TPSA) is 29.1 Å². The van der Waals surface area contributed by atoms with Gasteiger partial charge in [0.05, 0.1) is 0 Å². The number of hydrogen-bond donors (Lipinski definition) is 1. The van der Waals surface area contributed by atoms with E-state index in [0.717, 1.165) is 44.9 Å². The maximum Gasteiger partial charge on any atom is 0.220 e. The molecule has 0 fully saturated rings.